The highest BCUT2D eigenvalue weighted by molar-refractivity contribution is 7.85. The molecule has 1 saturated heterocycles. The molecule has 4 atom stereocenters. The summed E-state index contributed by atoms with van der Waals surface area (Å²) < 4.78 is 13.0. The molecule has 0 aromatic heterocycles. The summed E-state index contributed by atoms with van der Waals surface area (Å²) in [5, 5.41) is 6.07. The SMILES string of the molecule is CN[C@@H](C)C(=O)N[C@H](C(=O)N1CCCC[C@H]1CS(=O)CCC1=CC=CCC=C1)C1CCCCC1. The second kappa shape index (κ2) is 14.0. The van der Waals surface area contributed by atoms with Crippen molar-refractivity contribution in [3.05, 3.63) is 36.0 Å². The first-order chi connectivity index (χ1) is 16.5. The normalized spacial score (nSPS) is 24.1. The Hall–Kier alpha value is -1.73. The van der Waals surface area contributed by atoms with Gasteiger partial charge in [0.2, 0.25) is 11.8 Å². The molecule has 1 heterocycles. The Labute approximate surface area is 208 Å². The second-order valence-corrected chi connectivity index (χ2v) is 11.6. The fourth-order valence-electron chi connectivity index (χ4n) is 5.22. The second-order valence-electron chi connectivity index (χ2n) is 9.94. The maximum Gasteiger partial charge on any atom is 0.245 e. The lowest BCUT2D eigenvalue weighted by Gasteiger charge is -2.40. The molecule has 3 rings (SSSR count). The highest BCUT2D eigenvalue weighted by atomic mass is 32.2. The van der Waals surface area contributed by atoms with Gasteiger partial charge >= 0.3 is 0 Å². The molecule has 0 spiro atoms. The topological polar surface area (TPSA) is 78.5 Å². The number of carbonyl (C=O) groups excluding carboxylic acids is 2. The Bertz CT molecular complexity index is 801. The number of likely N-dealkylation sites (tertiary alicyclic amines) is 1. The van der Waals surface area contributed by atoms with E-state index in [0.29, 0.717) is 18.1 Å². The van der Waals surface area contributed by atoms with Gasteiger partial charge in [0.25, 0.3) is 0 Å². The molecule has 34 heavy (non-hydrogen) atoms. The van der Waals surface area contributed by atoms with Crippen molar-refractivity contribution in [3.8, 4) is 0 Å². The van der Waals surface area contributed by atoms with Crippen LogP contribution >= 0.6 is 0 Å². The van der Waals surface area contributed by atoms with E-state index in [1.807, 2.05) is 11.8 Å². The largest absolute Gasteiger partial charge is 0.343 e. The van der Waals surface area contributed by atoms with Crippen molar-refractivity contribution in [2.24, 2.45) is 5.92 Å². The Morgan fingerprint density at radius 3 is 2.65 bits per heavy atom. The van der Waals surface area contributed by atoms with Gasteiger partial charge in [-0.25, -0.2) is 0 Å². The highest BCUT2D eigenvalue weighted by Crippen LogP contribution is 2.29. The van der Waals surface area contributed by atoms with E-state index in [9.17, 15) is 13.8 Å². The minimum atomic E-state index is -0.990. The fraction of sp³-hybridized carbons (Fsp3) is 0.704. The van der Waals surface area contributed by atoms with E-state index >= 15 is 0 Å². The number of hydrogen-bond donors (Lipinski definition) is 2. The molecule has 1 saturated carbocycles. The molecule has 6 nitrogen and oxygen atoms in total. The molecular formula is C27H43N3O3S. The lowest BCUT2D eigenvalue weighted by atomic mass is 9.82. The van der Waals surface area contributed by atoms with Crippen LogP contribution in [0.15, 0.2) is 36.0 Å². The Balaban J connectivity index is 1.65. The number of amides is 2. The van der Waals surface area contributed by atoms with Gasteiger partial charge in [0.05, 0.1) is 6.04 Å². The molecule has 0 aromatic rings. The molecule has 1 aliphatic heterocycles. The molecule has 2 amide bonds. The zero-order chi connectivity index (χ0) is 24.3. The first kappa shape index (κ1) is 26.9. The Kier molecular flexibility index (Phi) is 11.0. The van der Waals surface area contributed by atoms with Gasteiger partial charge in [0, 0.05) is 34.9 Å². The van der Waals surface area contributed by atoms with Gasteiger partial charge in [-0.3, -0.25) is 13.8 Å². The highest BCUT2D eigenvalue weighted by Gasteiger charge is 2.38. The van der Waals surface area contributed by atoms with Crippen molar-refractivity contribution in [3.63, 3.8) is 0 Å². The molecule has 190 valence electrons. The maximum atomic E-state index is 13.8. The molecule has 3 aliphatic rings. The maximum absolute atomic E-state index is 13.8. The minimum Gasteiger partial charge on any atom is -0.343 e. The molecule has 0 aromatic carbocycles. The van der Waals surface area contributed by atoms with Gasteiger partial charge in [-0.1, -0.05) is 49.6 Å². The van der Waals surface area contributed by atoms with Crippen LogP contribution in [-0.2, 0) is 20.4 Å². The lowest BCUT2D eigenvalue weighted by molar-refractivity contribution is -0.141. The summed E-state index contributed by atoms with van der Waals surface area (Å²) in [6.07, 6.45) is 20.6. The summed E-state index contributed by atoms with van der Waals surface area (Å²) in [6.45, 7) is 2.51. The minimum absolute atomic E-state index is 0.00893. The van der Waals surface area contributed by atoms with E-state index < -0.39 is 16.8 Å². The van der Waals surface area contributed by atoms with Crippen molar-refractivity contribution >= 4 is 22.6 Å². The van der Waals surface area contributed by atoms with Crippen LogP contribution in [0.25, 0.3) is 0 Å². The van der Waals surface area contributed by atoms with E-state index in [0.717, 1.165) is 57.8 Å². The van der Waals surface area contributed by atoms with E-state index in [1.165, 1.54) is 12.0 Å². The number of piperidine rings is 1. The average molecular weight is 490 g/mol. The summed E-state index contributed by atoms with van der Waals surface area (Å²) in [5.74, 6) is 1.23. The predicted octanol–water partition coefficient (Wildman–Crippen LogP) is 3.62. The van der Waals surface area contributed by atoms with Gasteiger partial charge < -0.3 is 15.5 Å². The number of allylic oxidation sites excluding steroid dienone is 6. The number of rotatable bonds is 10. The van der Waals surface area contributed by atoms with Gasteiger partial charge in [-0.05, 0) is 70.4 Å². The molecule has 2 N–H and O–H groups in total. The van der Waals surface area contributed by atoms with Gasteiger partial charge in [0.1, 0.15) is 6.04 Å². The number of nitrogens with zero attached hydrogens (tertiary/aromatic N) is 1. The van der Waals surface area contributed by atoms with Crippen molar-refractivity contribution in [2.75, 3.05) is 25.1 Å². The van der Waals surface area contributed by atoms with Crippen LogP contribution in [0.3, 0.4) is 0 Å². The molecule has 0 bridgehead atoms. The van der Waals surface area contributed by atoms with Crippen LogP contribution in [0.5, 0.6) is 0 Å². The molecular weight excluding hydrogens is 446 g/mol. The van der Waals surface area contributed by atoms with Crippen molar-refractivity contribution < 1.29 is 13.8 Å². The van der Waals surface area contributed by atoms with Crippen molar-refractivity contribution in [1.82, 2.24) is 15.5 Å². The average Bonchev–Trinajstić information content (AvgIpc) is 3.15. The quantitative estimate of drug-likeness (QED) is 0.491. The van der Waals surface area contributed by atoms with E-state index in [2.05, 4.69) is 41.0 Å². The molecule has 2 aliphatic carbocycles. The van der Waals surface area contributed by atoms with Crippen molar-refractivity contribution in [1.29, 1.82) is 0 Å². The first-order valence-corrected chi connectivity index (χ1v) is 14.6. The summed E-state index contributed by atoms with van der Waals surface area (Å²) >= 11 is 0. The number of hydrogen-bond acceptors (Lipinski definition) is 4. The summed E-state index contributed by atoms with van der Waals surface area (Å²) in [7, 11) is 0.769. The zero-order valence-corrected chi connectivity index (χ0v) is 21.8. The van der Waals surface area contributed by atoms with E-state index in [1.54, 1.807) is 7.05 Å². The molecule has 0 radical (unpaired) electrons. The van der Waals surface area contributed by atoms with Crippen LogP contribution in [0, 0.1) is 5.92 Å². The third kappa shape index (κ3) is 7.91. The summed E-state index contributed by atoms with van der Waals surface area (Å²) in [5.41, 5.74) is 1.21. The summed E-state index contributed by atoms with van der Waals surface area (Å²) in [6, 6.07) is -0.832. The Morgan fingerprint density at radius 1 is 1.12 bits per heavy atom. The molecule has 2 fully saturated rings. The smallest absolute Gasteiger partial charge is 0.245 e. The van der Waals surface area contributed by atoms with Crippen LogP contribution in [0.2, 0.25) is 0 Å². The predicted molar refractivity (Wildman–Crippen MR) is 140 cm³/mol. The van der Waals surface area contributed by atoms with Gasteiger partial charge in [0.15, 0.2) is 0 Å². The fourth-order valence-corrected chi connectivity index (χ4v) is 6.63. The number of nitrogens with one attached hydrogen (secondary N) is 2. The van der Waals surface area contributed by atoms with Gasteiger partial charge in [-0.2, -0.15) is 0 Å². The Morgan fingerprint density at radius 2 is 1.88 bits per heavy atom. The monoisotopic (exact) mass is 489 g/mol. The third-order valence-corrected chi connectivity index (χ3v) is 8.88. The van der Waals surface area contributed by atoms with Gasteiger partial charge in [-0.15, -0.1) is 0 Å². The first-order valence-electron chi connectivity index (χ1n) is 13.1. The van der Waals surface area contributed by atoms with Crippen LogP contribution in [0.1, 0.15) is 71.1 Å². The third-order valence-electron chi connectivity index (χ3n) is 7.47. The van der Waals surface area contributed by atoms with E-state index in [-0.39, 0.29) is 29.8 Å². The number of carbonyl (C=O) groups is 2. The number of likely N-dealkylation sites (N-methyl/N-ethyl adjacent to an activating group) is 1. The van der Waals surface area contributed by atoms with Crippen LogP contribution in [-0.4, -0.2) is 64.1 Å². The van der Waals surface area contributed by atoms with Crippen LogP contribution < -0.4 is 10.6 Å². The molecule has 1 unspecified atom stereocenters. The van der Waals surface area contributed by atoms with Crippen LogP contribution in [0.4, 0.5) is 0 Å². The van der Waals surface area contributed by atoms with Crippen molar-refractivity contribution in [2.45, 2.75) is 89.3 Å². The lowest BCUT2D eigenvalue weighted by Crippen LogP contribution is -2.59. The zero-order valence-electron chi connectivity index (χ0n) is 21.0. The molecule has 7 heteroatoms. The van der Waals surface area contributed by atoms with E-state index in [4.69, 9.17) is 0 Å². The standard InChI is InChI=1S/C27H43N3O3S/c1-21(28-2)26(31)29-25(23-14-8-5-9-15-23)27(32)30-18-11-10-16-24(30)20-34(33)19-17-22-12-6-3-4-7-13-22/h3,6-7,12-13,21,23-25,28H,4-5,8-11,14-20H2,1-2H3,(H,29,31)/t21-,24-,25-,34?/m0/s1. The summed E-state index contributed by atoms with van der Waals surface area (Å²) in [4.78, 5) is 28.5.